The molecule has 14 heavy (non-hydrogen) atoms. The molecule has 1 amide bonds. The number of hydrogen-bond donors (Lipinski definition) is 2. The maximum Gasteiger partial charge on any atom is 0.407 e. The molecule has 0 aromatic heterocycles. The standard InChI is InChI=1S/C9H20N2O3/c1-7(14-10)5-6-11-8(12)13-9(2,3)4/h7H,5-6,10H2,1-4H3,(H,11,12). The van der Waals surface area contributed by atoms with E-state index in [0.717, 1.165) is 0 Å². The fraction of sp³-hybridized carbons (Fsp3) is 0.889. The van der Waals surface area contributed by atoms with Crippen LogP contribution >= 0.6 is 0 Å². The lowest BCUT2D eigenvalue weighted by atomic mass is 10.2. The Balaban J connectivity index is 3.55. The summed E-state index contributed by atoms with van der Waals surface area (Å²) in [4.78, 5) is 15.7. The zero-order valence-electron chi connectivity index (χ0n) is 9.29. The van der Waals surface area contributed by atoms with Crippen LogP contribution in [-0.2, 0) is 9.57 Å². The lowest BCUT2D eigenvalue weighted by Gasteiger charge is -2.19. The molecular formula is C9H20N2O3. The monoisotopic (exact) mass is 204 g/mol. The van der Waals surface area contributed by atoms with E-state index in [9.17, 15) is 4.79 Å². The topological polar surface area (TPSA) is 73.6 Å². The third-order valence-corrected chi connectivity index (χ3v) is 1.45. The van der Waals surface area contributed by atoms with Gasteiger partial charge in [-0.1, -0.05) is 0 Å². The summed E-state index contributed by atoms with van der Waals surface area (Å²) < 4.78 is 5.03. The summed E-state index contributed by atoms with van der Waals surface area (Å²) in [6.07, 6.45) is 0.182. The van der Waals surface area contributed by atoms with Gasteiger partial charge in [0.2, 0.25) is 0 Å². The highest BCUT2D eigenvalue weighted by Gasteiger charge is 2.15. The van der Waals surface area contributed by atoms with Gasteiger partial charge in [0, 0.05) is 6.54 Å². The molecule has 0 saturated heterocycles. The first-order valence-electron chi connectivity index (χ1n) is 4.67. The average Bonchev–Trinajstić information content (AvgIpc) is 2.00. The first-order valence-corrected chi connectivity index (χ1v) is 4.67. The van der Waals surface area contributed by atoms with Crippen LogP contribution in [0.15, 0.2) is 0 Å². The largest absolute Gasteiger partial charge is 0.444 e. The smallest absolute Gasteiger partial charge is 0.407 e. The van der Waals surface area contributed by atoms with Crippen molar-refractivity contribution in [3.05, 3.63) is 0 Å². The van der Waals surface area contributed by atoms with Gasteiger partial charge in [-0.05, 0) is 34.1 Å². The Labute approximate surface area is 84.9 Å². The molecule has 0 bridgehead atoms. The van der Waals surface area contributed by atoms with E-state index < -0.39 is 11.7 Å². The predicted octanol–water partition coefficient (Wildman–Crippen LogP) is 1.18. The van der Waals surface area contributed by atoms with Crippen LogP contribution in [0.1, 0.15) is 34.1 Å². The molecule has 0 rings (SSSR count). The summed E-state index contributed by atoms with van der Waals surface area (Å²) in [5, 5.41) is 2.61. The number of carbonyl (C=O) groups excluding carboxylic acids is 1. The van der Waals surface area contributed by atoms with E-state index in [4.69, 9.17) is 10.6 Å². The Morgan fingerprint density at radius 3 is 2.50 bits per heavy atom. The van der Waals surface area contributed by atoms with Crippen molar-refractivity contribution in [3.8, 4) is 0 Å². The summed E-state index contributed by atoms with van der Waals surface area (Å²) in [6.45, 7) is 7.78. The fourth-order valence-corrected chi connectivity index (χ4v) is 0.760. The summed E-state index contributed by atoms with van der Waals surface area (Å²) in [7, 11) is 0. The van der Waals surface area contributed by atoms with E-state index in [2.05, 4.69) is 10.2 Å². The molecule has 0 aliphatic carbocycles. The summed E-state index contributed by atoms with van der Waals surface area (Å²) in [6, 6.07) is 0. The lowest BCUT2D eigenvalue weighted by molar-refractivity contribution is 0.0465. The number of carbonyl (C=O) groups is 1. The number of amides is 1. The van der Waals surface area contributed by atoms with Crippen molar-refractivity contribution in [2.45, 2.75) is 45.8 Å². The SMILES string of the molecule is CC(CCNC(=O)OC(C)(C)C)ON. The minimum atomic E-state index is -0.458. The van der Waals surface area contributed by atoms with E-state index in [1.807, 2.05) is 27.7 Å². The molecule has 5 heteroatoms. The second-order valence-corrected chi connectivity index (χ2v) is 4.16. The third-order valence-electron chi connectivity index (χ3n) is 1.45. The Morgan fingerprint density at radius 1 is 1.50 bits per heavy atom. The highest BCUT2D eigenvalue weighted by molar-refractivity contribution is 5.67. The van der Waals surface area contributed by atoms with Crippen LogP contribution in [0.5, 0.6) is 0 Å². The maximum atomic E-state index is 11.1. The molecule has 0 heterocycles. The number of alkyl carbamates (subject to hydrolysis) is 1. The molecule has 0 aromatic carbocycles. The van der Waals surface area contributed by atoms with Gasteiger partial charge in [-0.15, -0.1) is 0 Å². The van der Waals surface area contributed by atoms with Gasteiger partial charge >= 0.3 is 6.09 Å². The van der Waals surface area contributed by atoms with Crippen LogP contribution in [0.2, 0.25) is 0 Å². The summed E-state index contributed by atoms with van der Waals surface area (Å²) >= 11 is 0. The van der Waals surface area contributed by atoms with E-state index in [1.165, 1.54) is 0 Å². The zero-order chi connectivity index (χ0) is 11.2. The molecule has 0 spiro atoms. The lowest BCUT2D eigenvalue weighted by Crippen LogP contribution is -2.34. The van der Waals surface area contributed by atoms with Gasteiger partial charge in [-0.3, -0.25) is 0 Å². The summed E-state index contributed by atoms with van der Waals surface area (Å²) in [5.41, 5.74) is -0.458. The first-order chi connectivity index (χ1) is 6.35. The predicted molar refractivity (Wildman–Crippen MR) is 53.6 cm³/mol. The summed E-state index contributed by atoms with van der Waals surface area (Å²) in [5.74, 6) is 4.95. The fourth-order valence-electron chi connectivity index (χ4n) is 0.760. The minimum absolute atomic E-state index is 0.0649. The first kappa shape index (κ1) is 13.2. The van der Waals surface area contributed by atoms with Crippen LogP contribution in [0, 0.1) is 0 Å². The van der Waals surface area contributed by atoms with Crippen molar-refractivity contribution >= 4 is 6.09 Å². The van der Waals surface area contributed by atoms with Crippen LogP contribution in [-0.4, -0.2) is 24.3 Å². The van der Waals surface area contributed by atoms with Crippen LogP contribution in [0.25, 0.3) is 0 Å². The normalized spacial score (nSPS) is 13.5. The molecule has 1 unspecified atom stereocenters. The van der Waals surface area contributed by atoms with Crippen molar-refractivity contribution < 1.29 is 14.4 Å². The van der Waals surface area contributed by atoms with Crippen LogP contribution in [0.3, 0.4) is 0 Å². The zero-order valence-corrected chi connectivity index (χ0v) is 9.29. The van der Waals surface area contributed by atoms with E-state index in [-0.39, 0.29) is 6.10 Å². The molecule has 0 fully saturated rings. The maximum absolute atomic E-state index is 11.1. The molecule has 0 aromatic rings. The van der Waals surface area contributed by atoms with Crippen LogP contribution < -0.4 is 11.2 Å². The second-order valence-electron chi connectivity index (χ2n) is 4.16. The average molecular weight is 204 g/mol. The van der Waals surface area contributed by atoms with E-state index >= 15 is 0 Å². The Hall–Kier alpha value is -0.810. The molecule has 0 radical (unpaired) electrons. The highest BCUT2D eigenvalue weighted by Crippen LogP contribution is 2.06. The molecule has 5 nitrogen and oxygen atoms in total. The van der Waals surface area contributed by atoms with Gasteiger partial charge < -0.3 is 14.9 Å². The molecule has 0 saturated carbocycles. The van der Waals surface area contributed by atoms with Crippen molar-refractivity contribution in [1.82, 2.24) is 5.32 Å². The number of hydrogen-bond acceptors (Lipinski definition) is 4. The van der Waals surface area contributed by atoms with Gasteiger partial charge in [0.1, 0.15) is 5.60 Å². The molecule has 3 N–H and O–H groups in total. The number of rotatable bonds is 4. The van der Waals surface area contributed by atoms with Gasteiger partial charge in [-0.25, -0.2) is 10.7 Å². The molecule has 1 atom stereocenters. The van der Waals surface area contributed by atoms with E-state index in [1.54, 1.807) is 0 Å². The third kappa shape index (κ3) is 7.82. The minimum Gasteiger partial charge on any atom is -0.444 e. The molecule has 84 valence electrons. The van der Waals surface area contributed by atoms with Crippen molar-refractivity contribution in [2.24, 2.45) is 5.90 Å². The highest BCUT2D eigenvalue weighted by atomic mass is 16.6. The van der Waals surface area contributed by atoms with Crippen molar-refractivity contribution in [1.29, 1.82) is 0 Å². The Kier molecular flexibility index (Phi) is 5.49. The van der Waals surface area contributed by atoms with Crippen molar-refractivity contribution in [3.63, 3.8) is 0 Å². The molecule has 0 aliphatic heterocycles. The Morgan fingerprint density at radius 2 is 2.07 bits per heavy atom. The molecular weight excluding hydrogens is 184 g/mol. The van der Waals surface area contributed by atoms with Gasteiger partial charge in [-0.2, -0.15) is 0 Å². The van der Waals surface area contributed by atoms with Gasteiger partial charge in [0.25, 0.3) is 0 Å². The quantitative estimate of drug-likeness (QED) is 0.674. The Bertz CT molecular complexity index is 177. The van der Waals surface area contributed by atoms with Crippen LogP contribution in [0.4, 0.5) is 4.79 Å². The van der Waals surface area contributed by atoms with Gasteiger partial charge in [0.15, 0.2) is 0 Å². The van der Waals surface area contributed by atoms with Crippen molar-refractivity contribution in [2.75, 3.05) is 6.54 Å². The van der Waals surface area contributed by atoms with E-state index in [0.29, 0.717) is 13.0 Å². The van der Waals surface area contributed by atoms with Gasteiger partial charge in [0.05, 0.1) is 6.10 Å². The molecule has 0 aliphatic rings. The number of nitrogens with one attached hydrogen (secondary N) is 1. The number of nitrogens with two attached hydrogens (primary N) is 1. The second kappa shape index (κ2) is 5.82. The number of ether oxygens (including phenoxy) is 1.